The molecule has 0 spiro atoms. The number of aliphatic imine (C=N–C) groups is 1. The number of hydrogen-bond donors (Lipinski definition) is 2. The maximum Gasteiger partial charge on any atom is 0.387 e. The van der Waals surface area contributed by atoms with E-state index in [2.05, 4.69) is 20.4 Å². The van der Waals surface area contributed by atoms with E-state index in [4.69, 9.17) is 9.47 Å². The summed E-state index contributed by atoms with van der Waals surface area (Å²) in [6.45, 7) is -1.07. The van der Waals surface area contributed by atoms with Gasteiger partial charge in [-0.2, -0.15) is 8.78 Å². The Morgan fingerprint density at radius 1 is 1.16 bits per heavy atom. The number of rotatable bonds is 11. The monoisotopic (exact) mass is 359 g/mol. The molecule has 1 aromatic carbocycles. The molecule has 1 aromatic rings. The summed E-state index contributed by atoms with van der Waals surface area (Å²) in [6.07, 6.45) is 3.06. The van der Waals surface area contributed by atoms with Crippen molar-refractivity contribution in [1.29, 1.82) is 0 Å². The van der Waals surface area contributed by atoms with Crippen LogP contribution in [0.4, 0.5) is 8.78 Å². The van der Waals surface area contributed by atoms with Crippen molar-refractivity contribution < 1.29 is 23.0 Å². The zero-order chi connectivity index (χ0) is 18.5. The highest BCUT2D eigenvalue weighted by Crippen LogP contribution is 2.25. The average molecular weight is 359 g/mol. The van der Waals surface area contributed by atoms with Gasteiger partial charge in [0.05, 0.1) is 7.11 Å². The van der Waals surface area contributed by atoms with Crippen molar-refractivity contribution in [1.82, 2.24) is 10.6 Å². The van der Waals surface area contributed by atoms with Crippen molar-refractivity contribution in [2.45, 2.75) is 32.4 Å². The van der Waals surface area contributed by atoms with Crippen LogP contribution in [0.5, 0.6) is 11.5 Å². The van der Waals surface area contributed by atoms with Crippen molar-refractivity contribution in [3.8, 4) is 11.5 Å². The van der Waals surface area contributed by atoms with Gasteiger partial charge in [0.15, 0.2) is 5.96 Å². The molecule has 0 aliphatic rings. The average Bonchev–Trinajstić information content (AvgIpc) is 2.61. The van der Waals surface area contributed by atoms with Crippen LogP contribution in [-0.4, -0.2) is 47.0 Å². The third kappa shape index (κ3) is 8.53. The normalized spacial score (nSPS) is 11.5. The summed E-state index contributed by atoms with van der Waals surface area (Å²) < 4.78 is 39.7. The minimum absolute atomic E-state index is 0.110. The zero-order valence-corrected chi connectivity index (χ0v) is 15.0. The Labute approximate surface area is 147 Å². The van der Waals surface area contributed by atoms with Crippen LogP contribution in [-0.2, 0) is 11.3 Å². The van der Waals surface area contributed by atoms with Crippen LogP contribution in [0.25, 0.3) is 0 Å². The van der Waals surface area contributed by atoms with E-state index in [0.717, 1.165) is 32.4 Å². The van der Waals surface area contributed by atoms with Gasteiger partial charge in [-0.1, -0.05) is 0 Å². The maximum atomic E-state index is 12.5. The minimum atomic E-state index is -2.88. The van der Waals surface area contributed by atoms with Gasteiger partial charge in [-0.3, -0.25) is 4.99 Å². The predicted octanol–water partition coefficient (Wildman–Crippen LogP) is 2.78. The first kappa shape index (κ1) is 21.0. The molecule has 6 nitrogen and oxygen atoms in total. The molecular weight excluding hydrogens is 332 g/mol. The molecule has 0 heterocycles. The quantitative estimate of drug-likeness (QED) is 0.361. The molecule has 142 valence electrons. The molecule has 25 heavy (non-hydrogen) atoms. The highest BCUT2D eigenvalue weighted by Gasteiger charge is 2.11. The Balaban J connectivity index is 2.53. The van der Waals surface area contributed by atoms with Gasteiger partial charge in [-0.25, -0.2) is 0 Å². The number of benzene rings is 1. The van der Waals surface area contributed by atoms with Gasteiger partial charge in [-0.15, -0.1) is 0 Å². The smallest absolute Gasteiger partial charge is 0.387 e. The van der Waals surface area contributed by atoms with Crippen molar-refractivity contribution >= 4 is 5.96 Å². The number of alkyl halides is 2. The first-order valence-corrected chi connectivity index (χ1v) is 8.16. The Morgan fingerprint density at radius 3 is 2.60 bits per heavy atom. The number of nitrogens with one attached hydrogen (secondary N) is 2. The topological polar surface area (TPSA) is 64.1 Å². The Morgan fingerprint density at radius 2 is 1.96 bits per heavy atom. The molecule has 0 saturated heterocycles. The van der Waals surface area contributed by atoms with Gasteiger partial charge in [0.2, 0.25) is 0 Å². The molecule has 0 fully saturated rings. The van der Waals surface area contributed by atoms with Crippen LogP contribution >= 0.6 is 0 Å². The molecule has 8 heteroatoms. The number of nitrogens with zero attached hydrogens (tertiary/aromatic N) is 1. The molecule has 0 radical (unpaired) electrons. The first-order chi connectivity index (χ1) is 12.1. The summed E-state index contributed by atoms with van der Waals surface area (Å²) in [5, 5.41) is 6.27. The lowest BCUT2D eigenvalue weighted by Gasteiger charge is -2.15. The number of guanidine groups is 1. The van der Waals surface area contributed by atoms with E-state index in [9.17, 15) is 8.78 Å². The highest BCUT2D eigenvalue weighted by atomic mass is 19.3. The maximum absolute atomic E-state index is 12.5. The van der Waals surface area contributed by atoms with Crippen LogP contribution in [0.15, 0.2) is 23.2 Å². The third-order valence-electron chi connectivity index (χ3n) is 3.47. The van der Waals surface area contributed by atoms with Crippen LogP contribution in [0.1, 0.15) is 24.8 Å². The second-order valence-corrected chi connectivity index (χ2v) is 5.26. The van der Waals surface area contributed by atoms with E-state index in [1.54, 1.807) is 26.3 Å². The van der Waals surface area contributed by atoms with E-state index in [0.29, 0.717) is 17.3 Å². The molecule has 0 amide bonds. The minimum Gasteiger partial charge on any atom is -0.497 e. The highest BCUT2D eigenvalue weighted by molar-refractivity contribution is 5.79. The molecule has 1 rings (SSSR count). The largest absolute Gasteiger partial charge is 0.497 e. The van der Waals surface area contributed by atoms with E-state index in [-0.39, 0.29) is 12.3 Å². The number of halogens is 2. The summed E-state index contributed by atoms with van der Waals surface area (Å²) in [5.74, 6) is 1.27. The number of unbranched alkanes of at least 4 members (excludes halogenated alkanes) is 2. The van der Waals surface area contributed by atoms with Crippen LogP contribution in [0.3, 0.4) is 0 Å². The number of hydrogen-bond acceptors (Lipinski definition) is 4. The van der Waals surface area contributed by atoms with E-state index < -0.39 is 6.61 Å². The van der Waals surface area contributed by atoms with E-state index in [1.165, 1.54) is 13.2 Å². The van der Waals surface area contributed by atoms with E-state index >= 15 is 0 Å². The lowest BCUT2D eigenvalue weighted by molar-refractivity contribution is -0.0504. The molecule has 0 aliphatic carbocycles. The molecule has 0 aliphatic heterocycles. The fourth-order valence-electron chi connectivity index (χ4n) is 2.19. The fraction of sp³-hybridized carbons (Fsp3) is 0.588. The van der Waals surface area contributed by atoms with Crippen molar-refractivity contribution in [2.75, 3.05) is 34.4 Å². The van der Waals surface area contributed by atoms with Gasteiger partial charge >= 0.3 is 6.61 Å². The third-order valence-corrected chi connectivity index (χ3v) is 3.47. The molecular formula is C17H27F2N3O3. The Bertz CT molecular complexity index is 528. The molecule has 0 aromatic heterocycles. The van der Waals surface area contributed by atoms with Crippen LogP contribution in [0, 0.1) is 0 Å². The molecule has 0 atom stereocenters. The lowest BCUT2D eigenvalue weighted by atomic mass is 10.2. The van der Waals surface area contributed by atoms with Gasteiger partial charge < -0.3 is 24.8 Å². The standard InChI is InChI=1S/C17H27F2N3O3/c1-20-17(21-9-5-4-6-10-23-2)22-12-13-11-14(24-3)7-8-15(13)25-16(18)19/h7-8,11,16H,4-6,9-10,12H2,1-3H3,(H2,20,21,22). The van der Waals surface area contributed by atoms with Crippen LogP contribution < -0.4 is 20.1 Å². The predicted molar refractivity (Wildman–Crippen MR) is 93.6 cm³/mol. The lowest BCUT2D eigenvalue weighted by Crippen LogP contribution is -2.37. The summed E-state index contributed by atoms with van der Waals surface area (Å²) in [4.78, 5) is 4.12. The van der Waals surface area contributed by atoms with Gasteiger partial charge in [-0.05, 0) is 37.5 Å². The van der Waals surface area contributed by atoms with Gasteiger partial charge in [0.1, 0.15) is 11.5 Å². The molecule has 2 N–H and O–H groups in total. The summed E-state index contributed by atoms with van der Waals surface area (Å²) in [6, 6.07) is 4.70. The first-order valence-electron chi connectivity index (χ1n) is 8.16. The van der Waals surface area contributed by atoms with Crippen molar-refractivity contribution in [3.63, 3.8) is 0 Å². The van der Waals surface area contributed by atoms with Gasteiger partial charge in [0.25, 0.3) is 0 Å². The SMILES string of the molecule is CN=C(NCCCCCOC)NCc1cc(OC)ccc1OC(F)F. The van der Waals surface area contributed by atoms with Crippen molar-refractivity contribution in [3.05, 3.63) is 23.8 Å². The number of methoxy groups -OCH3 is 2. The van der Waals surface area contributed by atoms with Crippen molar-refractivity contribution in [2.24, 2.45) is 4.99 Å². The Kier molecular flexibility index (Phi) is 10.3. The van der Waals surface area contributed by atoms with Crippen LogP contribution in [0.2, 0.25) is 0 Å². The molecule has 0 saturated carbocycles. The summed E-state index contributed by atoms with van der Waals surface area (Å²) >= 11 is 0. The summed E-state index contributed by atoms with van der Waals surface area (Å²) in [5.41, 5.74) is 0.558. The van der Waals surface area contributed by atoms with Gasteiger partial charge in [0, 0.05) is 39.4 Å². The molecule has 0 bridgehead atoms. The zero-order valence-electron chi connectivity index (χ0n) is 15.0. The van der Waals surface area contributed by atoms with E-state index in [1.807, 2.05) is 0 Å². The number of ether oxygens (including phenoxy) is 3. The second-order valence-electron chi connectivity index (χ2n) is 5.26. The molecule has 0 unspecified atom stereocenters. The fourth-order valence-corrected chi connectivity index (χ4v) is 2.19. The Hall–Kier alpha value is -2.09. The summed E-state index contributed by atoms with van der Waals surface area (Å²) in [7, 11) is 4.86. The second kappa shape index (κ2) is 12.3.